The van der Waals surface area contributed by atoms with E-state index in [-0.39, 0.29) is 12.3 Å². The Hall–Kier alpha value is -1.98. The first kappa shape index (κ1) is 13.5. The van der Waals surface area contributed by atoms with E-state index in [1.807, 2.05) is 0 Å². The van der Waals surface area contributed by atoms with Crippen LogP contribution in [0.1, 0.15) is 16.3 Å². The average Bonchev–Trinajstić information content (AvgIpc) is 2.90. The summed E-state index contributed by atoms with van der Waals surface area (Å²) < 4.78 is 10.3. The van der Waals surface area contributed by atoms with Crippen LogP contribution >= 0.6 is 11.6 Å². The predicted molar refractivity (Wildman–Crippen MR) is 72.6 cm³/mol. The van der Waals surface area contributed by atoms with Gasteiger partial charge >= 0.3 is 0 Å². The van der Waals surface area contributed by atoms with E-state index in [4.69, 9.17) is 26.5 Å². The van der Waals surface area contributed by atoms with Crippen molar-refractivity contribution in [1.29, 1.82) is 0 Å². The second-order valence-electron chi connectivity index (χ2n) is 3.77. The standard InChI is InChI=1S/C13H13ClN2O3/c1-18-8-2-4-10(14)11(6-8)16-13(17)12-5-3-9(7-15)19-12/h2-6H,7,15H2,1H3,(H,16,17). The van der Waals surface area contributed by atoms with Crippen LogP contribution in [0.2, 0.25) is 5.02 Å². The molecular weight excluding hydrogens is 268 g/mol. The Kier molecular flexibility index (Phi) is 4.09. The fraction of sp³-hybridized carbons (Fsp3) is 0.154. The number of nitrogens with one attached hydrogen (secondary N) is 1. The summed E-state index contributed by atoms with van der Waals surface area (Å²) in [5.74, 6) is 0.929. The zero-order valence-corrected chi connectivity index (χ0v) is 11.0. The number of carbonyl (C=O) groups is 1. The summed E-state index contributed by atoms with van der Waals surface area (Å²) in [6.45, 7) is 0.243. The largest absolute Gasteiger partial charge is 0.497 e. The van der Waals surface area contributed by atoms with Crippen LogP contribution in [0.3, 0.4) is 0 Å². The van der Waals surface area contributed by atoms with Crippen LogP contribution in [-0.2, 0) is 6.54 Å². The number of anilines is 1. The van der Waals surface area contributed by atoms with E-state index >= 15 is 0 Å². The number of nitrogens with two attached hydrogens (primary N) is 1. The molecule has 0 radical (unpaired) electrons. The van der Waals surface area contributed by atoms with Crippen molar-refractivity contribution < 1.29 is 13.9 Å². The number of furan rings is 1. The van der Waals surface area contributed by atoms with E-state index in [1.165, 1.54) is 7.11 Å². The lowest BCUT2D eigenvalue weighted by atomic mass is 10.3. The van der Waals surface area contributed by atoms with Gasteiger partial charge in [-0.1, -0.05) is 11.6 Å². The van der Waals surface area contributed by atoms with E-state index in [2.05, 4.69) is 5.32 Å². The molecule has 1 aromatic heterocycles. The molecule has 3 N–H and O–H groups in total. The molecule has 0 aliphatic heterocycles. The Balaban J connectivity index is 2.18. The van der Waals surface area contributed by atoms with Gasteiger partial charge in [-0.15, -0.1) is 0 Å². The number of methoxy groups -OCH3 is 1. The molecule has 0 atom stereocenters. The van der Waals surface area contributed by atoms with Crippen molar-refractivity contribution in [3.63, 3.8) is 0 Å². The van der Waals surface area contributed by atoms with Gasteiger partial charge in [0.25, 0.3) is 5.91 Å². The Morgan fingerprint density at radius 2 is 2.21 bits per heavy atom. The third kappa shape index (κ3) is 3.07. The average molecular weight is 281 g/mol. The van der Waals surface area contributed by atoms with Crippen LogP contribution in [0.15, 0.2) is 34.7 Å². The van der Waals surface area contributed by atoms with E-state index in [9.17, 15) is 4.79 Å². The maximum absolute atomic E-state index is 12.0. The van der Waals surface area contributed by atoms with Gasteiger partial charge in [-0.05, 0) is 24.3 Å². The molecule has 0 fully saturated rings. The first-order chi connectivity index (χ1) is 9.13. The molecular formula is C13H13ClN2O3. The molecule has 2 rings (SSSR count). The van der Waals surface area contributed by atoms with Crippen molar-refractivity contribution in [1.82, 2.24) is 0 Å². The van der Waals surface area contributed by atoms with Crippen molar-refractivity contribution in [3.05, 3.63) is 46.9 Å². The first-order valence-electron chi connectivity index (χ1n) is 5.57. The Bertz CT molecular complexity index is 595. The highest BCUT2D eigenvalue weighted by Crippen LogP contribution is 2.27. The van der Waals surface area contributed by atoms with Crippen LogP contribution in [0.25, 0.3) is 0 Å². The molecule has 1 heterocycles. The normalized spacial score (nSPS) is 10.3. The van der Waals surface area contributed by atoms with Gasteiger partial charge in [0.2, 0.25) is 0 Å². The maximum atomic E-state index is 12.0. The predicted octanol–water partition coefficient (Wildman–Crippen LogP) is 2.65. The quantitative estimate of drug-likeness (QED) is 0.902. The van der Waals surface area contributed by atoms with Gasteiger partial charge < -0.3 is 20.2 Å². The van der Waals surface area contributed by atoms with Crippen molar-refractivity contribution in [2.45, 2.75) is 6.54 Å². The summed E-state index contributed by atoms with van der Waals surface area (Å²) in [5.41, 5.74) is 5.87. The van der Waals surface area contributed by atoms with E-state index in [0.717, 1.165) is 0 Å². The number of carbonyl (C=O) groups excluding carboxylic acids is 1. The zero-order valence-electron chi connectivity index (χ0n) is 10.3. The van der Waals surface area contributed by atoms with Crippen LogP contribution < -0.4 is 15.8 Å². The monoisotopic (exact) mass is 280 g/mol. The van der Waals surface area contributed by atoms with E-state index in [1.54, 1.807) is 30.3 Å². The lowest BCUT2D eigenvalue weighted by Gasteiger charge is -2.07. The van der Waals surface area contributed by atoms with Crippen LogP contribution in [0.5, 0.6) is 5.75 Å². The molecule has 0 unspecified atom stereocenters. The fourth-order valence-electron chi connectivity index (χ4n) is 1.52. The minimum atomic E-state index is -0.394. The highest BCUT2D eigenvalue weighted by Gasteiger charge is 2.13. The van der Waals surface area contributed by atoms with Crippen molar-refractivity contribution in [3.8, 4) is 5.75 Å². The van der Waals surface area contributed by atoms with Crippen molar-refractivity contribution in [2.75, 3.05) is 12.4 Å². The van der Waals surface area contributed by atoms with E-state index in [0.29, 0.717) is 22.2 Å². The highest BCUT2D eigenvalue weighted by molar-refractivity contribution is 6.34. The molecule has 0 saturated heterocycles. The van der Waals surface area contributed by atoms with Gasteiger partial charge in [0.15, 0.2) is 5.76 Å². The fourth-order valence-corrected chi connectivity index (χ4v) is 1.69. The molecule has 1 aromatic carbocycles. The Morgan fingerprint density at radius 1 is 1.42 bits per heavy atom. The summed E-state index contributed by atoms with van der Waals surface area (Å²) in [4.78, 5) is 12.0. The molecule has 2 aromatic rings. The number of hydrogen-bond donors (Lipinski definition) is 2. The molecule has 100 valence electrons. The van der Waals surface area contributed by atoms with Gasteiger partial charge in [-0.3, -0.25) is 4.79 Å². The van der Waals surface area contributed by atoms with Crippen molar-refractivity contribution in [2.24, 2.45) is 5.73 Å². The Labute approximate surface area is 115 Å². The second-order valence-corrected chi connectivity index (χ2v) is 4.18. The highest BCUT2D eigenvalue weighted by atomic mass is 35.5. The number of benzene rings is 1. The molecule has 0 aliphatic carbocycles. The third-order valence-corrected chi connectivity index (χ3v) is 2.84. The topological polar surface area (TPSA) is 77.5 Å². The summed E-state index contributed by atoms with van der Waals surface area (Å²) >= 11 is 6.00. The number of amides is 1. The lowest BCUT2D eigenvalue weighted by molar-refractivity contribution is 0.0995. The zero-order chi connectivity index (χ0) is 13.8. The second kappa shape index (κ2) is 5.77. The van der Waals surface area contributed by atoms with Gasteiger partial charge in [0.05, 0.1) is 24.4 Å². The molecule has 0 spiro atoms. The third-order valence-electron chi connectivity index (χ3n) is 2.51. The van der Waals surface area contributed by atoms with Gasteiger partial charge in [0.1, 0.15) is 11.5 Å². The number of halogens is 1. The molecule has 0 aliphatic rings. The molecule has 1 amide bonds. The smallest absolute Gasteiger partial charge is 0.291 e. The molecule has 0 bridgehead atoms. The van der Waals surface area contributed by atoms with Gasteiger partial charge in [-0.25, -0.2) is 0 Å². The van der Waals surface area contributed by atoms with Gasteiger partial charge in [-0.2, -0.15) is 0 Å². The number of hydrogen-bond acceptors (Lipinski definition) is 4. The SMILES string of the molecule is COc1ccc(Cl)c(NC(=O)c2ccc(CN)o2)c1. The molecule has 0 saturated carbocycles. The van der Waals surface area contributed by atoms with Crippen LogP contribution in [0, 0.1) is 0 Å². The lowest BCUT2D eigenvalue weighted by Crippen LogP contribution is -2.11. The first-order valence-corrected chi connectivity index (χ1v) is 5.95. The summed E-state index contributed by atoms with van der Waals surface area (Å²) in [5, 5.41) is 3.07. The molecule has 5 nitrogen and oxygen atoms in total. The summed E-state index contributed by atoms with van der Waals surface area (Å²) in [7, 11) is 1.54. The van der Waals surface area contributed by atoms with Crippen LogP contribution in [-0.4, -0.2) is 13.0 Å². The number of rotatable bonds is 4. The summed E-state index contributed by atoms with van der Waals surface area (Å²) in [6.07, 6.45) is 0. The summed E-state index contributed by atoms with van der Waals surface area (Å²) in [6, 6.07) is 8.20. The molecule has 19 heavy (non-hydrogen) atoms. The van der Waals surface area contributed by atoms with Crippen LogP contribution in [0.4, 0.5) is 5.69 Å². The number of ether oxygens (including phenoxy) is 1. The minimum Gasteiger partial charge on any atom is -0.497 e. The Morgan fingerprint density at radius 3 is 2.84 bits per heavy atom. The molecule has 6 heteroatoms. The van der Waals surface area contributed by atoms with Crippen molar-refractivity contribution >= 4 is 23.2 Å². The maximum Gasteiger partial charge on any atom is 0.291 e. The minimum absolute atomic E-state index is 0.180. The van der Waals surface area contributed by atoms with E-state index < -0.39 is 5.91 Å². The van der Waals surface area contributed by atoms with Gasteiger partial charge in [0, 0.05) is 6.07 Å².